The molecule has 7 nitrogen and oxygen atoms in total. The number of carbonyl (C=O) groups is 1. The van der Waals surface area contributed by atoms with E-state index in [0.29, 0.717) is 38.3 Å². The summed E-state index contributed by atoms with van der Waals surface area (Å²) in [6.45, 7) is 7.03. The molecule has 7 heteroatoms. The number of hydrogen-bond donors (Lipinski definition) is 0. The van der Waals surface area contributed by atoms with Gasteiger partial charge in [0.05, 0.1) is 12.3 Å². The predicted molar refractivity (Wildman–Crippen MR) is 120 cm³/mol. The second-order valence-corrected chi connectivity index (χ2v) is 7.51. The van der Waals surface area contributed by atoms with E-state index in [4.69, 9.17) is 4.74 Å². The number of hydrogen-bond acceptors (Lipinski definition) is 5. The highest BCUT2D eigenvalue weighted by atomic mass is 16.5. The SMILES string of the molecule is CCOc1ccc(C(=O)N2CCN(c3ccc(=O)n(-c4ccc(C)cc4)n3)CC2)cc1. The van der Waals surface area contributed by atoms with Gasteiger partial charge in [0.1, 0.15) is 11.6 Å². The van der Waals surface area contributed by atoms with Crippen LogP contribution in [-0.4, -0.2) is 53.4 Å². The molecule has 0 unspecified atom stereocenters. The fourth-order valence-corrected chi connectivity index (χ4v) is 3.62. The number of amides is 1. The van der Waals surface area contributed by atoms with E-state index in [-0.39, 0.29) is 11.5 Å². The fourth-order valence-electron chi connectivity index (χ4n) is 3.62. The molecule has 0 saturated carbocycles. The molecule has 2 aromatic carbocycles. The van der Waals surface area contributed by atoms with Gasteiger partial charge in [-0.15, -0.1) is 5.10 Å². The van der Waals surface area contributed by atoms with Crippen molar-refractivity contribution in [2.45, 2.75) is 13.8 Å². The van der Waals surface area contributed by atoms with Crippen LogP contribution in [-0.2, 0) is 0 Å². The van der Waals surface area contributed by atoms with E-state index in [2.05, 4.69) is 10.00 Å². The zero-order valence-electron chi connectivity index (χ0n) is 17.8. The van der Waals surface area contributed by atoms with Crippen molar-refractivity contribution in [2.24, 2.45) is 0 Å². The number of carbonyl (C=O) groups excluding carboxylic acids is 1. The predicted octanol–water partition coefficient (Wildman–Crippen LogP) is 2.90. The van der Waals surface area contributed by atoms with Crippen molar-refractivity contribution < 1.29 is 9.53 Å². The first-order chi connectivity index (χ1) is 15.0. The minimum Gasteiger partial charge on any atom is -0.494 e. The number of benzene rings is 2. The maximum Gasteiger partial charge on any atom is 0.271 e. The molecular formula is C24H26N4O3. The first-order valence-electron chi connectivity index (χ1n) is 10.5. The fraction of sp³-hybridized carbons (Fsp3) is 0.292. The molecule has 2 heterocycles. The molecule has 0 N–H and O–H groups in total. The van der Waals surface area contributed by atoms with Crippen molar-refractivity contribution in [1.29, 1.82) is 0 Å². The van der Waals surface area contributed by atoms with Crippen molar-refractivity contribution in [1.82, 2.24) is 14.7 Å². The Hall–Kier alpha value is -3.61. The molecule has 0 aliphatic carbocycles. The lowest BCUT2D eigenvalue weighted by molar-refractivity contribution is 0.0746. The lowest BCUT2D eigenvalue weighted by Gasteiger charge is -2.35. The molecule has 31 heavy (non-hydrogen) atoms. The van der Waals surface area contributed by atoms with Gasteiger partial charge < -0.3 is 14.5 Å². The number of aromatic nitrogens is 2. The number of rotatable bonds is 5. The molecule has 160 valence electrons. The van der Waals surface area contributed by atoms with Crippen LogP contribution in [0.2, 0.25) is 0 Å². The van der Waals surface area contributed by atoms with Crippen LogP contribution in [0.1, 0.15) is 22.8 Å². The Morgan fingerprint density at radius 3 is 2.26 bits per heavy atom. The molecule has 0 spiro atoms. The summed E-state index contributed by atoms with van der Waals surface area (Å²) < 4.78 is 6.86. The molecule has 0 atom stereocenters. The lowest BCUT2D eigenvalue weighted by Crippen LogP contribution is -2.49. The van der Waals surface area contributed by atoms with Gasteiger partial charge in [0.25, 0.3) is 11.5 Å². The van der Waals surface area contributed by atoms with Crippen LogP contribution in [0.15, 0.2) is 65.5 Å². The zero-order chi connectivity index (χ0) is 21.8. The highest BCUT2D eigenvalue weighted by molar-refractivity contribution is 5.94. The Morgan fingerprint density at radius 2 is 1.61 bits per heavy atom. The topological polar surface area (TPSA) is 67.7 Å². The molecule has 4 rings (SSSR count). The Labute approximate surface area is 181 Å². The van der Waals surface area contributed by atoms with Gasteiger partial charge in [0, 0.05) is 37.8 Å². The van der Waals surface area contributed by atoms with Gasteiger partial charge >= 0.3 is 0 Å². The third-order valence-electron chi connectivity index (χ3n) is 5.37. The molecule has 1 aromatic heterocycles. The van der Waals surface area contributed by atoms with E-state index in [1.807, 2.05) is 55.1 Å². The highest BCUT2D eigenvalue weighted by Crippen LogP contribution is 2.17. The monoisotopic (exact) mass is 418 g/mol. The minimum atomic E-state index is -0.170. The summed E-state index contributed by atoms with van der Waals surface area (Å²) >= 11 is 0. The van der Waals surface area contributed by atoms with Crippen LogP contribution >= 0.6 is 0 Å². The number of aryl methyl sites for hydroxylation is 1. The number of piperazine rings is 1. The summed E-state index contributed by atoms with van der Waals surface area (Å²) in [6, 6.07) is 18.2. The summed E-state index contributed by atoms with van der Waals surface area (Å²) in [6.07, 6.45) is 0. The minimum absolute atomic E-state index is 0.0142. The molecule has 1 amide bonds. The van der Waals surface area contributed by atoms with E-state index in [1.54, 1.807) is 24.3 Å². The first-order valence-corrected chi connectivity index (χ1v) is 10.5. The third-order valence-corrected chi connectivity index (χ3v) is 5.37. The van der Waals surface area contributed by atoms with Crippen LogP contribution in [0.5, 0.6) is 5.75 Å². The summed E-state index contributed by atoms with van der Waals surface area (Å²) in [5.74, 6) is 1.51. The standard InChI is InChI=1S/C24H26N4O3/c1-3-31-21-10-6-19(7-11-21)24(30)27-16-14-26(15-17-27)22-12-13-23(29)28(25-22)20-8-4-18(2)5-9-20/h4-13H,3,14-17H2,1-2H3. The van der Waals surface area contributed by atoms with Gasteiger partial charge in [0.2, 0.25) is 0 Å². The zero-order valence-corrected chi connectivity index (χ0v) is 17.8. The smallest absolute Gasteiger partial charge is 0.271 e. The number of ether oxygens (including phenoxy) is 1. The van der Waals surface area contributed by atoms with Crippen molar-refractivity contribution in [3.8, 4) is 11.4 Å². The quantitative estimate of drug-likeness (QED) is 0.637. The van der Waals surface area contributed by atoms with Gasteiger partial charge in [-0.25, -0.2) is 0 Å². The van der Waals surface area contributed by atoms with Crippen LogP contribution < -0.4 is 15.2 Å². The summed E-state index contributed by atoms with van der Waals surface area (Å²) in [5.41, 5.74) is 2.35. The second-order valence-electron chi connectivity index (χ2n) is 7.51. The number of anilines is 1. The summed E-state index contributed by atoms with van der Waals surface area (Å²) in [7, 11) is 0. The molecule has 0 radical (unpaired) electrons. The summed E-state index contributed by atoms with van der Waals surface area (Å²) in [4.78, 5) is 29.1. The van der Waals surface area contributed by atoms with Crippen LogP contribution in [0.25, 0.3) is 5.69 Å². The maximum atomic E-state index is 12.8. The lowest BCUT2D eigenvalue weighted by atomic mass is 10.1. The molecule has 1 fully saturated rings. The maximum absolute atomic E-state index is 12.8. The van der Waals surface area contributed by atoms with Crippen molar-refractivity contribution >= 4 is 11.7 Å². The normalized spacial score (nSPS) is 13.9. The van der Waals surface area contributed by atoms with Crippen LogP contribution in [0.4, 0.5) is 5.82 Å². The van der Waals surface area contributed by atoms with E-state index < -0.39 is 0 Å². The Kier molecular flexibility index (Phi) is 6.02. The third kappa shape index (κ3) is 4.60. The Morgan fingerprint density at radius 1 is 0.935 bits per heavy atom. The van der Waals surface area contributed by atoms with Crippen molar-refractivity contribution in [3.63, 3.8) is 0 Å². The first kappa shape index (κ1) is 20.7. The average Bonchev–Trinajstić information content (AvgIpc) is 2.80. The van der Waals surface area contributed by atoms with Crippen LogP contribution in [0.3, 0.4) is 0 Å². The molecular weight excluding hydrogens is 392 g/mol. The molecule has 1 aliphatic rings. The molecule has 1 saturated heterocycles. The average molecular weight is 418 g/mol. The van der Waals surface area contributed by atoms with Gasteiger partial charge in [-0.1, -0.05) is 17.7 Å². The summed E-state index contributed by atoms with van der Waals surface area (Å²) in [5, 5.41) is 4.56. The second kappa shape index (κ2) is 9.04. The van der Waals surface area contributed by atoms with E-state index in [1.165, 1.54) is 4.68 Å². The molecule has 1 aliphatic heterocycles. The van der Waals surface area contributed by atoms with Crippen molar-refractivity contribution in [2.75, 3.05) is 37.7 Å². The molecule has 3 aromatic rings. The van der Waals surface area contributed by atoms with Crippen LogP contribution in [0, 0.1) is 6.92 Å². The Balaban J connectivity index is 1.44. The number of nitrogens with zero attached hydrogens (tertiary/aromatic N) is 4. The van der Waals surface area contributed by atoms with Gasteiger partial charge in [-0.2, -0.15) is 4.68 Å². The van der Waals surface area contributed by atoms with Gasteiger partial charge in [-0.3, -0.25) is 9.59 Å². The van der Waals surface area contributed by atoms with Gasteiger partial charge in [0.15, 0.2) is 0 Å². The highest BCUT2D eigenvalue weighted by Gasteiger charge is 2.23. The molecule has 0 bridgehead atoms. The van der Waals surface area contributed by atoms with E-state index in [0.717, 1.165) is 22.8 Å². The van der Waals surface area contributed by atoms with Crippen molar-refractivity contribution in [3.05, 3.63) is 82.1 Å². The van der Waals surface area contributed by atoms with E-state index >= 15 is 0 Å². The van der Waals surface area contributed by atoms with Gasteiger partial charge in [-0.05, 0) is 56.3 Å². The largest absolute Gasteiger partial charge is 0.494 e. The Bertz CT molecular complexity index is 1100. The van der Waals surface area contributed by atoms with E-state index in [9.17, 15) is 9.59 Å².